The van der Waals surface area contributed by atoms with Crippen molar-refractivity contribution in [2.45, 2.75) is 38.6 Å². The number of para-hydroxylation sites is 1. The molecule has 168 valence electrons. The standard InChI is InChI=1S/C19H24Cl2N5O4P/c1-4-24(13-10-8-12(9-11-13)17(27)30-31(2)3)18(28)26-19(29)25(22-23-26)16-14(20)6-5-7-15(16)21/h5-7,12-13H,4,8-11H2,1-3H3. The summed E-state index contributed by atoms with van der Waals surface area (Å²) in [5.74, 6) is -0.319. The highest BCUT2D eigenvalue weighted by Crippen LogP contribution is 2.34. The Kier molecular flexibility index (Phi) is 7.73. The summed E-state index contributed by atoms with van der Waals surface area (Å²) >= 11 is 12.3. The predicted octanol–water partition coefficient (Wildman–Crippen LogP) is 3.78. The number of nitrogens with zero attached hydrogens (tertiary/aromatic N) is 5. The summed E-state index contributed by atoms with van der Waals surface area (Å²) in [6.45, 7) is 5.99. The Morgan fingerprint density at radius 3 is 2.32 bits per heavy atom. The Labute approximate surface area is 191 Å². The zero-order chi connectivity index (χ0) is 22.7. The molecular formula is C19H24Cl2N5O4P. The van der Waals surface area contributed by atoms with Crippen LogP contribution in [0.5, 0.6) is 0 Å². The molecule has 2 aromatic rings. The van der Waals surface area contributed by atoms with Gasteiger partial charge < -0.3 is 9.42 Å². The first kappa shape index (κ1) is 23.7. The van der Waals surface area contributed by atoms with Crippen LogP contribution in [0.3, 0.4) is 0 Å². The van der Waals surface area contributed by atoms with Crippen LogP contribution in [0.4, 0.5) is 4.79 Å². The lowest BCUT2D eigenvalue weighted by Gasteiger charge is -2.35. The van der Waals surface area contributed by atoms with Crippen molar-refractivity contribution in [2.75, 3.05) is 19.9 Å². The number of amides is 1. The second kappa shape index (κ2) is 10.1. The molecule has 0 N–H and O–H groups in total. The molecule has 3 rings (SSSR count). The minimum absolute atomic E-state index is 0.104. The van der Waals surface area contributed by atoms with E-state index >= 15 is 0 Å². The third kappa shape index (κ3) is 5.10. The van der Waals surface area contributed by atoms with Crippen LogP contribution in [0.1, 0.15) is 32.6 Å². The van der Waals surface area contributed by atoms with Crippen molar-refractivity contribution in [3.05, 3.63) is 38.7 Å². The fraction of sp³-hybridized carbons (Fsp3) is 0.526. The average Bonchev–Trinajstić information content (AvgIpc) is 3.09. The van der Waals surface area contributed by atoms with Gasteiger partial charge in [0.25, 0.3) is 0 Å². The fourth-order valence-electron chi connectivity index (χ4n) is 3.75. The molecule has 0 saturated heterocycles. The van der Waals surface area contributed by atoms with E-state index in [1.165, 1.54) is 0 Å². The molecule has 0 atom stereocenters. The molecule has 1 aliphatic carbocycles. The highest BCUT2D eigenvalue weighted by atomic mass is 35.5. The minimum atomic E-state index is -0.755. The van der Waals surface area contributed by atoms with E-state index in [9.17, 15) is 14.4 Å². The summed E-state index contributed by atoms with van der Waals surface area (Å²) < 4.78 is 6.99. The van der Waals surface area contributed by atoms with Crippen LogP contribution in [0, 0.1) is 5.92 Å². The molecule has 1 heterocycles. The molecule has 0 unspecified atom stereocenters. The maximum atomic E-state index is 13.1. The minimum Gasteiger partial charge on any atom is -0.445 e. The van der Waals surface area contributed by atoms with Crippen LogP contribution in [0.25, 0.3) is 5.69 Å². The highest BCUT2D eigenvalue weighted by molar-refractivity contribution is 7.51. The summed E-state index contributed by atoms with van der Waals surface area (Å²) in [4.78, 5) is 39.7. The lowest BCUT2D eigenvalue weighted by Crippen LogP contribution is -2.47. The fourth-order valence-corrected chi connectivity index (χ4v) is 4.81. The van der Waals surface area contributed by atoms with Crippen LogP contribution in [-0.2, 0) is 9.32 Å². The van der Waals surface area contributed by atoms with Crippen LogP contribution in [0.2, 0.25) is 10.0 Å². The SMILES string of the molecule is CCN(C(=O)n1nnn(-c2c(Cl)cccc2Cl)c1=O)C1CCC(C(=O)OP(C)C)CC1. The number of aromatic nitrogens is 4. The molecule has 1 saturated carbocycles. The first-order valence-electron chi connectivity index (χ1n) is 9.94. The van der Waals surface area contributed by atoms with E-state index in [0.29, 0.717) is 36.9 Å². The van der Waals surface area contributed by atoms with Gasteiger partial charge >= 0.3 is 17.7 Å². The summed E-state index contributed by atoms with van der Waals surface area (Å²) in [5, 5.41) is 7.98. The number of tetrazole rings is 1. The maximum absolute atomic E-state index is 13.1. The van der Waals surface area contributed by atoms with E-state index in [-0.39, 0.29) is 33.7 Å². The number of hydrogen-bond donors (Lipinski definition) is 0. The number of carbonyl (C=O) groups excluding carboxylic acids is 2. The van der Waals surface area contributed by atoms with Gasteiger partial charge in [0.05, 0.1) is 24.1 Å². The van der Waals surface area contributed by atoms with Gasteiger partial charge in [-0.1, -0.05) is 29.3 Å². The molecule has 0 bridgehead atoms. The lowest BCUT2D eigenvalue weighted by atomic mass is 9.85. The lowest BCUT2D eigenvalue weighted by molar-refractivity contribution is -0.139. The number of carbonyl (C=O) groups is 2. The van der Waals surface area contributed by atoms with Crippen LogP contribution >= 0.6 is 31.4 Å². The molecule has 1 aliphatic rings. The van der Waals surface area contributed by atoms with Gasteiger partial charge in [-0.3, -0.25) is 4.79 Å². The number of benzene rings is 1. The Morgan fingerprint density at radius 2 is 1.77 bits per heavy atom. The maximum Gasteiger partial charge on any atom is 0.377 e. The Balaban J connectivity index is 1.76. The van der Waals surface area contributed by atoms with Crippen molar-refractivity contribution in [3.8, 4) is 5.69 Å². The molecule has 0 spiro atoms. The van der Waals surface area contributed by atoms with Gasteiger partial charge in [0, 0.05) is 12.6 Å². The Bertz CT molecular complexity index is 997. The van der Waals surface area contributed by atoms with E-state index in [0.717, 1.165) is 4.68 Å². The van der Waals surface area contributed by atoms with E-state index < -0.39 is 19.9 Å². The third-order valence-electron chi connectivity index (χ3n) is 5.24. The second-order valence-electron chi connectivity index (χ2n) is 7.45. The third-order valence-corrected chi connectivity index (χ3v) is 6.40. The smallest absolute Gasteiger partial charge is 0.377 e. The highest BCUT2D eigenvalue weighted by Gasteiger charge is 2.33. The van der Waals surface area contributed by atoms with Gasteiger partial charge in [0.15, 0.2) is 0 Å². The van der Waals surface area contributed by atoms with Gasteiger partial charge in [-0.2, -0.15) is 4.68 Å². The van der Waals surface area contributed by atoms with E-state index in [2.05, 4.69) is 10.4 Å². The number of hydrogen-bond acceptors (Lipinski definition) is 6. The first-order chi connectivity index (χ1) is 14.7. The number of rotatable bonds is 5. The molecule has 31 heavy (non-hydrogen) atoms. The summed E-state index contributed by atoms with van der Waals surface area (Å²) in [5.41, 5.74) is -0.585. The molecule has 9 nitrogen and oxygen atoms in total. The van der Waals surface area contributed by atoms with Crippen molar-refractivity contribution in [1.29, 1.82) is 0 Å². The molecule has 0 aliphatic heterocycles. The van der Waals surface area contributed by atoms with E-state index in [1.807, 2.05) is 20.3 Å². The van der Waals surface area contributed by atoms with Crippen LogP contribution in [-0.4, -0.2) is 62.6 Å². The molecule has 12 heteroatoms. The number of halogens is 2. The van der Waals surface area contributed by atoms with Gasteiger partial charge in [-0.25, -0.2) is 9.59 Å². The molecule has 1 aromatic heterocycles. The van der Waals surface area contributed by atoms with E-state index in [1.54, 1.807) is 23.1 Å². The van der Waals surface area contributed by atoms with Crippen molar-refractivity contribution in [2.24, 2.45) is 5.92 Å². The zero-order valence-electron chi connectivity index (χ0n) is 17.5. The van der Waals surface area contributed by atoms with Crippen LogP contribution < -0.4 is 5.69 Å². The summed E-state index contributed by atoms with van der Waals surface area (Å²) in [7, 11) is -0.746. The Hall–Kier alpha value is -1.96. The van der Waals surface area contributed by atoms with Gasteiger partial charge in [0.2, 0.25) is 0 Å². The molecule has 1 aromatic carbocycles. The molecular weight excluding hydrogens is 464 g/mol. The average molecular weight is 488 g/mol. The monoisotopic (exact) mass is 487 g/mol. The second-order valence-corrected chi connectivity index (χ2v) is 10.1. The molecule has 1 amide bonds. The quantitative estimate of drug-likeness (QED) is 0.469. The summed E-state index contributed by atoms with van der Waals surface area (Å²) in [6, 6.07) is 4.10. The normalized spacial score (nSPS) is 18.8. The Morgan fingerprint density at radius 1 is 1.16 bits per heavy atom. The van der Waals surface area contributed by atoms with Gasteiger partial charge in [-0.15, -0.1) is 4.68 Å². The van der Waals surface area contributed by atoms with Crippen molar-refractivity contribution in [1.82, 2.24) is 24.7 Å². The summed E-state index contributed by atoms with van der Waals surface area (Å²) in [6.07, 6.45) is 2.55. The predicted molar refractivity (Wildman–Crippen MR) is 119 cm³/mol. The van der Waals surface area contributed by atoms with Gasteiger partial charge in [-0.05, 0) is 68.5 Å². The van der Waals surface area contributed by atoms with E-state index in [4.69, 9.17) is 27.7 Å². The van der Waals surface area contributed by atoms with Crippen LogP contribution in [0.15, 0.2) is 23.0 Å². The molecule has 0 radical (unpaired) electrons. The zero-order valence-corrected chi connectivity index (χ0v) is 19.9. The topological polar surface area (TPSA) is 99.3 Å². The van der Waals surface area contributed by atoms with Crippen molar-refractivity contribution >= 4 is 43.4 Å². The molecule has 1 fully saturated rings. The largest absolute Gasteiger partial charge is 0.445 e. The first-order valence-corrected chi connectivity index (χ1v) is 12.8. The van der Waals surface area contributed by atoms with Crippen molar-refractivity contribution in [3.63, 3.8) is 0 Å². The van der Waals surface area contributed by atoms with Gasteiger partial charge in [0.1, 0.15) is 5.69 Å². The van der Waals surface area contributed by atoms with Crippen molar-refractivity contribution < 1.29 is 14.1 Å².